The van der Waals surface area contributed by atoms with Crippen LogP contribution in [0.15, 0.2) is 0 Å². The van der Waals surface area contributed by atoms with E-state index in [1.54, 1.807) is 0 Å². The van der Waals surface area contributed by atoms with E-state index in [0.717, 1.165) is 18.1 Å². The molecule has 1 saturated carbocycles. The van der Waals surface area contributed by atoms with Gasteiger partial charge in [-0.15, -0.1) is 0 Å². The summed E-state index contributed by atoms with van der Waals surface area (Å²) < 4.78 is 27.4. The number of amides is 1. The first-order valence-electron chi connectivity index (χ1n) is 15.5. The Bertz CT molecular complexity index is 803. The quantitative estimate of drug-likeness (QED) is 0.228. The van der Waals surface area contributed by atoms with Crippen molar-refractivity contribution in [1.29, 1.82) is 0 Å². The summed E-state index contributed by atoms with van der Waals surface area (Å²) >= 11 is 0. The van der Waals surface area contributed by atoms with Gasteiger partial charge in [0, 0.05) is 12.5 Å². The molecule has 0 spiro atoms. The Morgan fingerprint density at radius 2 is 1.18 bits per heavy atom. The molecule has 40 heavy (non-hydrogen) atoms. The van der Waals surface area contributed by atoms with E-state index in [0.29, 0.717) is 6.42 Å². The number of hydrogen-bond acceptors (Lipinski definition) is 6. The van der Waals surface area contributed by atoms with E-state index in [2.05, 4.69) is 93.8 Å². The minimum Gasteiger partial charge on any atom is -0.444 e. The maximum Gasteiger partial charge on any atom is 0.407 e. The van der Waals surface area contributed by atoms with Crippen LogP contribution >= 0.6 is 0 Å². The van der Waals surface area contributed by atoms with Gasteiger partial charge < -0.3 is 28.4 Å². The summed E-state index contributed by atoms with van der Waals surface area (Å²) in [6.07, 6.45) is -1.08. The van der Waals surface area contributed by atoms with Crippen LogP contribution in [0.4, 0.5) is 4.79 Å². The van der Waals surface area contributed by atoms with Crippen LogP contribution in [0.3, 0.4) is 0 Å². The van der Waals surface area contributed by atoms with Gasteiger partial charge in [0.1, 0.15) is 5.60 Å². The molecular formula is C30H65NO6Si3. The zero-order chi connectivity index (χ0) is 31.5. The van der Waals surface area contributed by atoms with Gasteiger partial charge in [-0.05, 0) is 81.6 Å². The lowest BCUT2D eigenvalue weighted by Crippen LogP contribution is -2.68. The van der Waals surface area contributed by atoms with Gasteiger partial charge in [-0.2, -0.15) is 0 Å². The summed E-state index contributed by atoms with van der Waals surface area (Å²) in [6.45, 7) is 34.7. The fraction of sp³-hybridized carbons (Fsp3) is 0.967. The van der Waals surface area contributed by atoms with Gasteiger partial charge in [-0.3, -0.25) is 0 Å². The highest BCUT2D eigenvalue weighted by molar-refractivity contribution is 6.75. The Kier molecular flexibility index (Phi) is 12.8. The van der Waals surface area contributed by atoms with E-state index in [1.165, 1.54) is 0 Å². The lowest BCUT2D eigenvalue weighted by molar-refractivity contribution is -0.113. The monoisotopic (exact) mass is 619 g/mol. The van der Waals surface area contributed by atoms with Crippen LogP contribution in [0.1, 0.15) is 89.5 Å². The summed E-state index contributed by atoms with van der Waals surface area (Å²) in [5.74, 6) is -0.189. The van der Waals surface area contributed by atoms with Crippen molar-refractivity contribution in [2.24, 2.45) is 5.92 Å². The molecule has 7 nitrogen and oxygen atoms in total. The zero-order valence-electron chi connectivity index (χ0n) is 28.9. The second-order valence-corrected chi connectivity index (χ2v) is 30.2. The van der Waals surface area contributed by atoms with Crippen LogP contribution in [-0.4, -0.2) is 72.7 Å². The molecule has 238 valence electrons. The van der Waals surface area contributed by atoms with E-state index in [1.807, 2.05) is 20.8 Å². The molecule has 0 radical (unpaired) electrons. The average Bonchev–Trinajstić information content (AvgIpc) is 2.77. The third-order valence-corrected chi connectivity index (χ3v) is 23.4. The van der Waals surface area contributed by atoms with E-state index < -0.39 is 48.9 Å². The number of rotatable bonds is 11. The molecule has 1 fully saturated rings. The van der Waals surface area contributed by atoms with Crippen LogP contribution < -0.4 is 5.32 Å². The number of alkyl carbamates (subject to hydrolysis) is 1. The van der Waals surface area contributed by atoms with Crippen molar-refractivity contribution < 1.29 is 27.9 Å². The molecule has 0 aromatic carbocycles. The first kappa shape index (κ1) is 37.8. The fourth-order valence-electron chi connectivity index (χ4n) is 4.83. The van der Waals surface area contributed by atoms with Crippen molar-refractivity contribution in [3.8, 4) is 0 Å². The number of carbonyl (C=O) groups is 1. The molecule has 1 aliphatic carbocycles. The number of aliphatic hydroxyl groups is 1. The predicted molar refractivity (Wildman–Crippen MR) is 175 cm³/mol. The van der Waals surface area contributed by atoms with E-state index in [-0.39, 0.29) is 34.7 Å². The molecule has 1 amide bonds. The highest BCUT2D eigenvalue weighted by Gasteiger charge is 2.55. The Morgan fingerprint density at radius 3 is 1.52 bits per heavy atom. The lowest BCUT2D eigenvalue weighted by Gasteiger charge is -2.54. The van der Waals surface area contributed by atoms with Crippen molar-refractivity contribution in [2.45, 2.75) is 174 Å². The SMILES string of the molecule is CC[Si](CC)(CC)O[C@H]1[C@@H](CO)C[C@@H](NC(=O)OC(C)(C)C)[C@H](O[Si](C)(C)C(C)(C)C)[C@@H]1O[Si](C)(C)C(C)(C)C. The second-order valence-electron chi connectivity index (χ2n) is 15.9. The molecular weight excluding hydrogens is 555 g/mol. The molecule has 10 heteroatoms. The summed E-state index contributed by atoms with van der Waals surface area (Å²) in [7, 11) is -6.68. The van der Waals surface area contributed by atoms with E-state index >= 15 is 0 Å². The van der Waals surface area contributed by atoms with Gasteiger partial charge in [0.05, 0.1) is 24.4 Å². The molecule has 0 heterocycles. The van der Waals surface area contributed by atoms with Gasteiger partial charge in [0.2, 0.25) is 0 Å². The Hall–Kier alpha value is -0.239. The number of hydrogen-bond donors (Lipinski definition) is 2. The minimum absolute atomic E-state index is 0.0336. The number of ether oxygens (including phenoxy) is 1. The van der Waals surface area contributed by atoms with Crippen LogP contribution in [0, 0.1) is 5.92 Å². The highest BCUT2D eigenvalue weighted by atomic mass is 28.4. The largest absolute Gasteiger partial charge is 0.444 e. The molecule has 0 aromatic rings. The molecule has 1 aliphatic rings. The molecule has 5 atom stereocenters. The standard InChI is InChI=1S/C30H65NO6Si3/c1-17-40(18-2,19-3)37-24-22(21-32)20-23(31-27(33)34-28(4,5)6)25(35-38(13,14)29(7,8)9)26(24)36-39(15,16)30(10,11)12/h22-26,32H,17-21H2,1-16H3,(H,31,33)/t22-,23-,24+,25+,26-/m1/s1. The van der Waals surface area contributed by atoms with E-state index in [4.69, 9.17) is 18.0 Å². The number of carbonyl (C=O) groups excluding carboxylic acids is 1. The van der Waals surface area contributed by atoms with Crippen molar-refractivity contribution in [3.05, 3.63) is 0 Å². The van der Waals surface area contributed by atoms with Gasteiger partial charge in [-0.25, -0.2) is 4.79 Å². The van der Waals surface area contributed by atoms with Gasteiger partial charge >= 0.3 is 6.09 Å². The summed E-state index contributed by atoms with van der Waals surface area (Å²) in [5, 5.41) is 13.8. The first-order chi connectivity index (χ1) is 17.9. The topological polar surface area (TPSA) is 86.3 Å². The maximum atomic E-state index is 13.1. The Morgan fingerprint density at radius 1 is 0.750 bits per heavy atom. The van der Waals surface area contributed by atoms with E-state index in [9.17, 15) is 9.90 Å². The van der Waals surface area contributed by atoms with Gasteiger partial charge in [0.15, 0.2) is 25.0 Å². The normalized spacial score (nSPS) is 25.6. The van der Waals surface area contributed by atoms with Crippen LogP contribution in [0.25, 0.3) is 0 Å². The van der Waals surface area contributed by atoms with Crippen molar-refractivity contribution in [3.63, 3.8) is 0 Å². The van der Waals surface area contributed by atoms with Gasteiger partial charge in [0.25, 0.3) is 0 Å². The van der Waals surface area contributed by atoms with Crippen LogP contribution in [-0.2, 0) is 18.0 Å². The van der Waals surface area contributed by atoms with Crippen LogP contribution in [0.2, 0.25) is 54.4 Å². The summed E-state index contributed by atoms with van der Waals surface area (Å²) in [4.78, 5) is 13.1. The zero-order valence-corrected chi connectivity index (χ0v) is 31.9. The summed E-state index contributed by atoms with van der Waals surface area (Å²) in [6, 6.07) is 2.65. The van der Waals surface area contributed by atoms with Crippen molar-refractivity contribution in [1.82, 2.24) is 5.32 Å². The first-order valence-corrected chi connectivity index (χ1v) is 23.9. The molecule has 0 aromatic heterocycles. The van der Waals surface area contributed by atoms with Crippen molar-refractivity contribution in [2.75, 3.05) is 6.61 Å². The Balaban J connectivity index is 3.81. The molecule has 0 unspecified atom stereocenters. The number of aliphatic hydroxyl groups excluding tert-OH is 1. The summed E-state index contributed by atoms with van der Waals surface area (Å²) in [5.41, 5.74) is -0.623. The third-order valence-electron chi connectivity index (χ3n) is 9.80. The smallest absolute Gasteiger partial charge is 0.407 e. The average molecular weight is 620 g/mol. The number of nitrogens with one attached hydrogen (secondary N) is 1. The minimum atomic E-state index is -2.31. The molecule has 1 rings (SSSR count). The molecule has 0 aliphatic heterocycles. The van der Waals surface area contributed by atoms with Crippen molar-refractivity contribution >= 4 is 31.0 Å². The maximum absolute atomic E-state index is 13.1. The Labute approximate surface area is 250 Å². The molecule has 0 bridgehead atoms. The second kappa shape index (κ2) is 13.6. The third kappa shape index (κ3) is 9.64. The highest BCUT2D eigenvalue weighted by Crippen LogP contribution is 2.45. The molecule has 2 N–H and O–H groups in total. The fourth-order valence-corrected chi connectivity index (χ4v) is 10.4. The van der Waals surface area contributed by atoms with Gasteiger partial charge in [-0.1, -0.05) is 62.3 Å². The van der Waals surface area contributed by atoms with Crippen LogP contribution in [0.5, 0.6) is 0 Å². The lowest BCUT2D eigenvalue weighted by atomic mass is 9.80. The predicted octanol–water partition coefficient (Wildman–Crippen LogP) is 8.06. The molecule has 0 saturated heterocycles.